The Morgan fingerprint density at radius 3 is 2.76 bits per heavy atom. The van der Waals surface area contributed by atoms with Crippen molar-refractivity contribution in [3.05, 3.63) is 48.0 Å². The minimum atomic E-state index is -0.0272. The van der Waals surface area contributed by atoms with Crippen LogP contribution in [0.5, 0.6) is 5.75 Å². The van der Waals surface area contributed by atoms with Gasteiger partial charge in [-0.05, 0) is 38.7 Å². The number of hydrogen-bond acceptors (Lipinski definition) is 4. The van der Waals surface area contributed by atoms with E-state index in [1.54, 1.807) is 7.11 Å². The number of benzene rings is 1. The topological polar surface area (TPSA) is 56.3 Å². The molecule has 0 aliphatic rings. The van der Waals surface area contributed by atoms with Crippen molar-refractivity contribution < 1.29 is 4.74 Å². The summed E-state index contributed by atoms with van der Waals surface area (Å²) in [4.78, 5) is 6.42. The maximum absolute atomic E-state index is 6.00. The summed E-state index contributed by atoms with van der Waals surface area (Å²) in [5, 5.41) is 0. The molecule has 21 heavy (non-hydrogen) atoms. The van der Waals surface area contributed by atoms with Crippen molar-refractivity contribution in [2.24, 2.45) is 5.73 Å². The number of ether oxygens (including phenoxy) is 1. The van der Waals surface area contributed by atoms with Gasteiger partial charge in [0.05, 0.1) is 25.2 Å². The van der Waals surface area contributed by atoms with E-state index in [0.29, 0.717) is 0 Å². The van der Waals surface area contributed by atoms with Gasteiger partial charge < -0.3 is 19.9 Å². The molecule has 2 atom stereocenters. The second kappa shape index (κ2) is 6.74. The van der Waals surface area contributed by atoms with Crippen molar-refractivity contribution in [1.29, 1.82) is 0 Å². The van der Waals surface area contributed by atoms with Crippen LogP contribution in [0.15, 0.2) is 36.8 Å². The molecular formula is C16H24N4O. The summed E-state index contributed by atoms with van der Waals surface area (Å²) >= 11 is 0. The summed E-state index contributed by atoms with van der Waals surface area (Å²) in [5.74, 6) is 0.873. The number of nitrogens with two attached hydrogens (primary N) is 1. The maximum atomic E-state index is 6.00. The number of aromatic nitrogens is 2. The fraction of sp³-hybridized carbons (Fsp3) is 0.438. The zero-order valence-electron chi connectivity index (χ0n) is 13.2. The molecule has 0 aliphatic carbocycles. The van der Waals surface area contributed by atoms with Gasteiger partial charge >= 0.3 is 0 Å². The largest absolute Gasteiger partial charge is 0.497 e. The van der Waals surface area contributed by atoms with Gasteiger partial charge in [-0.25, -0.2) is 4.98 Å². The molecule has 0 amide bonds. The number of hydrogen-bond donors (Lipinski definition) is 1. The van der Waals surface area contributed by atoms with Gasteiger partial charge in [0.2, 0.25) is 0 Å². The van der Waals surface area contributed by atoms with Crippen LogP contribution >= 0.6 is 0 Å². The van der Waals surface area contributed by atoms with Gasteiger partial charge in [0, 0.05) is 18.8 Å². The number of likely N-dealkylation sites (N-methyl/N-ethyl adjacent to an activating group) is 1. The Kier molecular flexibility index (Phi) is 4.98. The molecule has 0 saturated heterocycles. The molecule has 114 valence electrons. The minimum Gasteiger partial charge on any atom is -0.497 e. The zero-order chi connectivity index (χ0) is 15.4. The summed E-state index contributed by atoms with van der Waals surface area (Å²) in [7, 11) is 5.84. The molecular weight excluding hydrogens is 264 g/mol. The molecule has 2 unspecified atom stereocenters. The molecule has 1 heterocycles. The van der Waals surface area contributed by atoms with Crippen molar-refractivity contribution in [3.8, 4) is 5.75 Å². The summed E-state index contributed by atoms with van der Waals surface area (Å²) in [6, 6.07) is 8.38. The SMILES string of the molecule is COc1cccc(C(Cn2cncc2C(C)N)N(C)C)c1. The monoisotopic (exact) mass is 288 g/mol. The molecule has 1 aromatic carbocycles. The quantitative estimate of drug-likeness (QED) is 0.885. The van der Waals surface area contributed by atoms with Gasteiger partial charge in [-0.3, -0.25) is 0 Å². The first-order chi connectivity index (χ1) is 10.0. The lowest BCUT2D eigenvalue weighted by Crippen LogP contribution is -2.26. The van der Waals surface area contributed by atoms with Crippen LogP contribution in [0.3, 0.4) is 0 Å². The van der Waals surface area contributed by atoms with Crippen LogP contribution in [-0.4, -0.2) is 35.7 Å². The summed E-state index contributed by atoms with van der Waals surface area (Å²) in [5.41, 5.74) is 8.26. The first-order valence-corrected chi connectivity index (χ1v) is 7.09. The molecule has 0 fully saturated rings. The molecule has 2 rings (SSSR count). The van der Waals surface area contributed by atoms with E-state index in [4.69, 9.17) is 10.5 Å². The smallest absolute Gasteiger partial charge is 0.119 e. The Morgan fingerprint density at radius 1 is 1.38 bits per heavy atom. The van der Waals surface area contributed by atoms with Crippen molar-refractivity contribution in [2.45, 2.75) is 25.6 Å². The molecule has 0 bridgehead atoms. The van der Waals surface area contributed by atoms with Gasteiger partial charge in [0.1, 0.15) is 5.75 Å². The molecule has 5 nitrogen and oxygen atoms in total. The normalized spacial score (nSPS) is 14.2. The third-order valence-electron chi connectivity index (χ3n) is 3.68. The van der Waals surface area contributed by atoms with Crippen LogP contribution in [0.4, 0.5) is 0 Å². The molecule has 5 heteroatoms. The Hall–Kier alpha value is -1.85. The van der Waals surface area contributed by atoms with Crippen LogP contribution in [-0.2, 0) is 6.54 Å². The summed E-state index contributed by atoms with van der Waals surface area (Å²) in [6.45, 7) is 2.78. The van der Waals surface area contributed by atoms with Gasteiger partial charge in [-0.1, -0.05) is 12.1 Å². The van der Waals surface area contributed by atoms with Gasteiger partial charge in [0.15, 0.2) is 0 Å². The molecule has 0 saturated carbocycles. The highest BCUT2D eigenvalue weighted by molar-refractivity contribution is 5.30. The van der Waals surface area contributed by atoms with E-state index in [2.05, 4.69) is 40.7 Å². The molecule has 0 aliphatic heterocycles. The van der Waals surface area contributed by atoms with Crippen molar-refractivity contribution in [3.63, 3.8) is 0 Å². The Balaban J connectivity index is 2.29. The number of methoxy groups -OCH3 is 1. The Labute approximate surface area is 126 Å². The standard InChI is InChI=1S/C16H24N4O/c1-12(17)15-9-18-11-20(15)10-16(19(2)3)13-6-5-7-14(8-13)21-4/h5-9,11-12,16H,10,17H2,1-4H3. The first-order valence-electron chi connectivity index (χ1n) is 7.09. The van der Waals surface area contributed by atoms with E-state index in [-0.39, 0.29) is 12.1 Å². The van der Waals surface area contributed by atoms with Crippen LogP contribution in [0, 0.1) is 0 Å². The van der Waals surface area contributed by atoms with Crippen molar-refractivity contribution in [2.75, 3.05) is 21.2 Å². The van der Waals surface area contributed by atoms with E-state index in [9.17, 15) is 0 Å². The average Bonchev–Trinajstić information content (AvgIpc) is 2.93. The highest BCUT2D eigenvalue weighted by atomic mass is 16.5. The van der Waals surface area contributed by atoms with Crippen molar-refractivity contribution >= 4 is 0 Å². The third kappa shape index (κ3) is 3.62. The lowest BCUT2D eigenvalue weighted by atomic mass is 10.1. The van der Waals surface area contributed by atoms with Gasteiger partial charge in [-0.2, -0.15) is 0 Å². The van der Waals surface area contributed by atoms with Crippen LogP contribution < -0.4 is 10.5 Å². The van der Waals surface area contributed by atoms with E-state index < -0.39 is 0 Å². The van der Waals surface area contributed by atoms with E-state index in [1.807, 2.05) is 31.6 Å². The highest BCUT2D eigenvalue weighted by Gasteiger charge is 2.17. The zero-order valence-corrected chi connectivity index (χ0v) is 13.2. The second-order valence-electron chi connectivity index (χ2n) is 5.52. The molecule has 1 aromatic heterocycles. The van der Waals surface area contributed by atoms with Crippen molar-refractivity contribution in [1.82, 2.24) is 14.5 Å². The lowest BCUT2D eigenvalue weighted by Gasteiger charge is -2.26. The highest BCUT2D eigenvalue weighted by Crippen LogP contribution is 2.25. The number of nitrogens with zero attached hydrogens (tertiary/aromatic N) is 3. The van der Waals surface area contributed by atoms with Crippen LogP contribution in [0.25, 0.3) is 0 Å². The Bertz CT molecular complexity index is 577. The summed E-state index contributed by atoms with van der Waals surface area (Å²) in [6.07, 6.45) is 3.68. The van der Waals surface area contributed by atoms with Gasteiger partial charge in [-0.15, -0.1) is 0 Å². The maximum Gasteiger partial charge on any atom is 0.119 e. The third-order valence-corrected chi connectivity index (χ3v) is 3.68. The van der Waals surface area contributed by atoms with Crippen LogP contribution in [0.1, 0.15) is 30.3 Å². The fourth-order valence-electron chi connectivity index (χ4n) is 2.46. The fourth-order valence-corrected chi connectivity index (χ4v) is 2.46. The predicted octanol–water partition coefficient (Wildman–Crippen LogP) is 2.21. The summed E-state index contributed by atoms with van der Waals surface area (Å²) < 4.78 is 7.44. The molecule has 2 aromatic rings. The molecule has 0 radical (unpaired) electrons. The van der Waals surface area contributed by atoms with E-state index >= 15 is 0 Å². The minimum absolute atomic E-state index is 0.0272. The van der Waals surface area contributed by atoms with E-state index in [0.717, 1.165) is 18.0 Å². The lowest BCUT2D eigenvalue weighted by molar-refractivity contribution is 0.265. The Morgan fingerprint density at radius 2 is 2.14 bits per heavy atom. The molecule has 0 spiro atoms. The van der Waals surface area contributed by atoms with E-state index in [1.165, 1.54) is 5.56 Å². The number of imidazole rings is 1. The van der Waals surface area contributed by atoms with Crippen LogP contribution in [0.2, 0.25) is 0 Å². The second-order valence-corrected chi connectivity index (χ2v) is 5.52. The first kappa shape index (κ1) is 15.5. The average molecular weight is 288 g/mol. The number of rotatable bonds is 6. The molecule has 2 N–H and O–H groups in total. The van der Waals surface area contributed by atoms with Gasteiger partial charge in [0.25, 0.3) is 0 Å². The predicted molar refractivity (Wildman–Crippen MR) is 84.3 cm³/mol.